The molecule has 0 saturated carbocycles. The Hall–Kier alpha value is -6.66. The van der Waals surface area contributed by atoms with Gasteiger partial charge in [-0.2, -0.15) is 5.26 Å². The van der Waals surface area contributed by atoms with Gasteiger partial charge in [-0.05, 0) is 24.3 Å². The standard InChI is InChI=1S/C44H24N6S2/c45-25-29-16-7-8-17-30(29)37-40-38(33-18-9-10-21-35(33)51-40)47-44(46-37)34-20-11-19-32-31-23-22-28(24-36(31)52-39(32)34)43-49-41(26-12-3-1-4-13-26)48-42(50-43)27-14-5-2-6-15-27/h1-24H. The zero-order valence-electron chi connectivity index (χ0n) is 27.4. The van der Waals surface area contributed by atoms with Gasteiger partial charge in [0.25, 0.3) is 0 Å². The van der Waals surface area contributed by atoms with Crippen LogP contribution in [0.3, 0.4) is 0 Å². The van der Waals surface area contributed by atoms with E-state index in [1.54, 1.807) is 22.7 Å². The van der Waals surface area contributed by atoms with E-state index in [-0.39, 0.29) is 0 Å². The van der Waals surface area contributed by atoms with Crippen molar-refractivity contribution in [1.29, 1.82) is 5.26 Å². The molecule has 0 aliphatic rings. The predicted octanol–water partition coefficient (Wildman–Crippen LogP) is 11.6. The van der Waals surface area contributed by atoms with Crippen LogP contribution >= 0.6 is 22.7 Å². The average Bonchev–Trinajstić information content (AvgIpc) is 3.79. The number of nitriles is 1. The number of hydrogen-bond donors (Lipinski definition) is 0. The molecule has 4 heterocycles. The van der Waals surface area contributed by atoms with Gasteiger partial charge < -0.3 is 0 Å². The van der Waals surface area contributed by atoms with Gasteiger partial charge in [0, 0.05) is 58.1 Å². The summed E-state index contributed by atoms with van der Waals surface area (Å²) in [4.78, 5) is 25.3. The van der Waals surface area contributed by atoms with Gasteiger partial charge in [0.15, 0.2) is 23.3 Å². The molecule has 0 atom stereocenters. The topological polar surface area (TPSA) is 88.2 Å². The van der Waals surface area contributed by atoms with E-state index in [2.05, 4.69) is 54.6 Å². The molecule has 0 N–H and O–H groups in total. The fourth-order valence-corrected chi connectivity index (χ4v) is 9.13. The largest absolute Gasteiger partial charge is 0.226 e. The van der Waals surface area contributed by atoms with Crippen molar-refractivity contribution in [1.82, 2.24) is 24.9 Å². The van der Waals surface area contributed by atoms with E-state index in [1.165, 1.54) is 0 Å². The summed E-state index contributed by atoms with van der Waals surface area (Å²) in [5, 5.41) is 13.4. The second-order valence-electron chi connectivity index (χ2n) is 12.4. The van der Waals surface area contributed by atoms with Crippen molar-refractivity contribution in [3.8, 4) is 62.9 Å². The number of benzene rings is 6. The van der Waals surface area contributed by atoms with Crippen molar-refractivity contribution in [3.63, 3.8) is 0 Å². The summed E-state index contributed by atoms with van der Waals surface area (Å²) in [5.74, 6) is 2.51. The monoisotopic (exact) mass is 700 g/mol. The Balaban J connectivity index is 1.16. The number of hydrogen-bond acceptors (Lipinski definition) is 8. The first kappa shape index (κ1) is 30.2. The van der Waals surface area contributed by atoms with Crippen molar-refractivity contribution < 1.29 is 0 Å². The van der Waals surface area contributed by atoms with E-state index in [1.807, 2.05) is 97.1 Å². The average molecular weight is 701 g/mol. The third kappa shape index (κ3) is 5.03. The van der Waals surface area contributed by atoms with Gasteiger partial charge in [0.05, 0.1) is 27.5 Å². The lowest BCUT2D eigenvalue weighted by Crippen LogP contribution is -1.99. The molecule has 6 nitrogen and oxygen atoms in total. The van der Waals surface area contributed by atoms with Crippen molar-refractivity contribution in [3.05, 3.63) is 151 Å². The second kappa shape index (κ2) is 12.3. The molecular formula is C44H24N6S2. The number of rotatable bonds is 5. The highest BCUT2D eigenvalue weighted by atomic mass is 32.1. The summed E-state index contributed by atoms with van der Waals surface area (Å²) in [7, 11) is 0. The molecule has 10 aromatic rings. The van der Waals surface area contributed by atoms with Crippen LogP contribution in [0.2, 0.25) is 0 Å². The molecule has 4 aromatic heterocycles. The molecule has 0 radical (unpaired) electrons. The Morgan fingerprint density at radius 2 is 1.04 bits per heavy atom. The Labute approximate surface area is 306 Å². The number of nitrogens with zero attached hydrogens (tertiary/aromatic N) is 6. The predicted molar refractivity (Wildman–Crippen MR) is 213 cm³/mol. The van der Waals surface area contributed by atoms with Crippen LogP contribution in [0, 0.1) is 11.3 Å². The molecule has 0 unspecified atom stereocenters. The van der Waals surface area contributed by atoms with E-state index in [0.29, 0.717) is 28.9 Å². The van der Waals surface area contributed by atoms with E-state index < -0.39 is 0 Å². The van der Waals surface area contributed by atoms with Crippen molar-refractivity contribution in [2.75, 3.05) is 0 Å². The summed E-state index contributed by atoms with van der Waals surface area (Å²) in [6.45, 7) is 0. The quantitative estimate of drug-likeness (QED) is 0.178. The van der Waals surface area contributed by atoms with E-state index in [9.17, 15) is 5.26 Å². The highest BCUT2D eigenvalue weighted by molar-refractivity contribution is 7.26. The molecule has 8 heteroatoms. The van der Waals surface area contributed by atoms with Gasteiger partial charge in [-0.1, -0.05) is 121 Å². The highest BCUT2D eigenvalue weighted by Gasteiger charge is 2.21. The van der Waals surface area contributed by atoms with Gasteiger partial charge in [-0.15, -0.1) is 22.7 Å². The minimum absolute atomic E-state index is 0.586. The summed E-state index contributed by atoms with van der Waals surface area (Å²) in [5.41, 5.74) is 6.79. The van der Waals surface area contributed by atoms with Crippen LogP contribution in [0.4, 0.5) is 0 Å². The first-order valence-electron chi connectivity index (χ1n) is 16.7. The normalized spacial score (nSPS) is 11.4. The lowest BCUT2D eigenvalue weighted by molar-refractivity contribution is 1.07. The van der Waals surface area contributed by atoms with E-state index >= 15 is 0 Å². The third-order valence-corrected chi connectivity index (χ3v) is 11.6. The maximum absolute atomic E-state index is 10.1. The lowest BCUT2D eigenvalue weighted by atomic mass is 10.0. The number of aromatic nitrogens is 5. The van der Waals surface area contributed by atoms with Crippen LogP contribution in [0.25, 0.3) is 97.3 Å². The first-order valence-corrected chi connectivity index (χ1v) is 18.4. The summed E-state index contributed by atoms with van der Waals surface area (Å²) < 4.78 is 4.32. The Bertz CT molecular complexity index is 2980. The molecule has 0 bridgehead atoms. The summed E-state index contributed by atoms with van der Waals surface area (Å²) in [6, 6.07) is 51.2. The van der Waals surface area contributed by atoms with Gasteiger partial charge in [-0.25, -0.2) is 24.9 Å². The summed E-state index contributed by atoms with van der Waals surface area (Å²) >= 11 is 3.38. The molecule has 0 fully saturated rings. The fourth-order valence-electron chi connectivity index (χ4n) is 6.73. The number of fused-ring (bicyclic) bond motifs is 6. The maximum Gasteiger partial charge on any atom is 0.164 e. The fraction of sp³-hybridized carbons (Fsp3) is 0. The first-order chi connectivity index (χ1) is 25.7. The van der Waals surface area contributed by atoms with E-state index in [0.717, 1.165) is 74.0 Å². The van der Waals surface area contributed by atoms with Crippen molar-refractivity contribution in [2.24, 2.45) is 0 Å². The SMILES string of the molecule is N#Cc1ccccc1-c1nc(-c2cccc3c2sc2cc(-c4nc(-c5ccccc5)nc(-c5ccccc5)n4)ccc23)nc2c1sc1ccccc12. The van der Waals surface area contributed by atoms with Crippen LogP contribution in [0.1, 0.15) is 5.56 Å². The molecule has 0 spiro atoms. The van der Waals surface area contributed by atoms with Gasteiger partial charge >= 0.3 is 0 Å². The van der Waals surface area contributed by atoms with Crippen molar-refractivity contribution >= 4 is 63.1 Å². The molecule has 0 aliphatic heterocycles. The van der Waals surface area contributed by atoms with E-state index in [4.69, 9.17) is 24.9 Å². The molecule has 0 saturated heterocycles. The molecule has 6 aromatic carbocycles. The molecule has 52 heavy (non-hydrogen) atoms. The van der Waals surface area contributed by atoms with Gasteiger partial charge in [-0.3, -0.25) is 0 Å². The van der Waals surface area contributed by atoms with Gasteiger partial charge in [0.1, 0.15) is 0 Å². The van der Waals surface area contributed by atoms with Crippen LogP contribution in [0.5, 0.6) is 0 Å². The summed E-state index contributed by atoms with van der Waals surface area (Å²) in [6.07, 6.45) is 0. The van der Waals surface area contributed by atoms with Crippen LogP contribution < -0.4 is 0 Å². The zero-order valence-corrected chi connectivity index (χ0v) is 29.0. The minimum Gasteiger partial charge on any atom is -0.226 e. The molecule has 242 valence electrons. The van der Waals surface area contributed by atoms with Crippen LogP contribution in [-0.4, -0.2) is 24.9 Å². The van der Waals surface area contributed by atoms with Crippen LogP contribution in [0.15, 0.2) is 146 Å². The Morgan fingerprint density at radius 1 is 0.423 bits per heavy atom. The molecule has 10 rings (SSSR count). The van der Waals surface area contributed by atoms with Gasteiger partial charge in [0.2, 0.25) is 0 Å². The number of thiophene rings is 2. The smallest absolute Gasteiger partial charge is 0.164 e. The third-order valence-electron chi connectivity index (χ3n) is 9.22. The lowest BCUT2D eigenvalue weighted by Gasteiger charge is -2.09. The minimum atomic E-state index is 0.586. The zero-order chi connectivity index (χ0) is 34.6. The highest BCUT2D eigenvalue weighted by Crippen LogP contribution is 2.44. The Kier molecular flexibility index (Phi) is 7.13. The second-order valence-corrected chi connectivity index (χ2v) is 14.5. The molecule has 0 aliphatic carbocycles. The molecular weight excluding hydrogens is 677 g/mol. The maximum atomic E-state index is 10.1. The van der Waals surface area contributed by atoms with Crippen LogP contribution in [-0.2, 0) is 0 Å². The van der Waals surface area contributed by atoms with Crippen molar-refractivity contribution in [2.45, 2.75) is 0 Å². The molecule has 0 amide bonds. The Morgan fingerprint density at radius 3 is 1.79 bits per heavy atom.